The number of nitrogens with zero attached hydrogens (tertiary/aromatic N) is 3. The van der Waals surface area contributed by atoms with Crippen molar-refractivity contribution >= 4 is 29.0 Å². The summed E-state index contributed by atoms with van der Waals surface area (Å²) >= 11 is 6.25. The largest absolute Gasteiger partial charge is 0.388 e. The van der Waals surface area contributed by atoms with Gasteiger partial charge in [-0.3, -0.25) is 9.48 Å². The highest BCUT2D eigenvalue weighted by molar-refractivity contribution is 6.34. The molecule has 0 spiro atoms. The second-order valence-corrected chi connectivity index (χ2v) is 7.41. The Morgan fingerprint density at radius 1 is 1.35 bits per heavy atom. The Kier molecular flexibility index (Phi) is 5.53. The number of carbonyl (C=O) groups is 1. The predicted octanol–water partition coefficient (Wildman–Crippen LogP) is 3.27. The normalized spacial score (nSPS) is 16.3. The molecule has 1 heterocycles. The third-order valence-electron chi connectivity index (χ3n) is 5.08. The molecule has 140 valence electrons. The molecule has 1 saturated carbocycles. The summed E-state index contributed by atoms with van der Waals surface area (Å²) in [6.45, 7) is 0.254. The van der Waals surface area contributed by atoms with Crippen molar-refractivity contribution in [1.82, 2.24) is 15.1 Å². The molecular weight excluding hydrogens is 352 g/mol. The van der Waals surface area contributed by atoms with E-state index in [9.17, 15) is 9.90 Å². The molecule has 0 atom stereocenters. The lowest BCUT2D eigenvalue weighted by atomic mass is 9.85. The summed E-state index contributed by atoms with van der Waals surface area (Å²) in [6.07, 6.45) is 6.31. The van der Waals surface area contributed by atoms with E-state index in [4.69, 9.17) is 11.6 Å². The molecule has 0 unspecified atom stereocenters. The number of anilines is 2. The summed E-state index contributed by atoms with van der Waals surface area (Å²) in [5, 5.41) is 18.0. The van der Waals surface area contributed by atoms with Crippen LogP contribution < -0.4 is 10.2 Å². The fourth-order valence-electron chi connectivity index (χ4n) is 3.45. The molecule has 1 aromatic heterocycles. The van der Waals surface area contributed by atoms with Crippen molar-refractivity contribution in [3.63, 3.8) is 0 Å². The Morgan fingerprint density at radius 3 is 2.73 bits per heavy atom. The quantitative estimate of drug-likeness (QED) is 0.840. The molecular formula is C19H25ClN4O2. The van der Waals surface area contributed by atoms with Crippen LogP contribution >= 0.6 is 11.6 Å². The van der Waals surface area contributed by atoms with Crippen LogP contribution in [-0.4, -0.2) is 40.0 Å². The van der Waals surface area contributed by atoms with E-state index in [-0.39, 0.29) is 12.5 Å². The first-order valence-electron chi connectivity index (χ1n) is 8.91. The average Bonchev–Trinajstić information content (AvgIpc) is 3.06. The monoisotopic (exact) mass is 376 g/mol. The number of nitrogens with one attached hydrogen (secondary N) is 1. The fourth-order valence-corrected chi connectivity index (χ4v) is 3.65. The summed E-state index contributed by atoms with van der Waals surface area (Å²) in [6, 6.07) is 7.23. The number of hydrogen-bond acceptors (Lipinski definition) is 4. The zero-order valence-corrected chi connectivity index (χ0v) is 16.0. The van der Waals surface area contributed by atoms with Gasteiger partial charge in [-0.25, -0.2) is 0 Å². The van der Waals surface area contributed by atoms with Crippen molar-refractivity contribution in [3.05, 3.63) is 41.0 Å². The van der Waals surface area contributed by atoms with Gasteiger partial charge in [-0.15, -0.1) is 0 Å². The van der Waals surface area contributed by atoms with E-state index < -0.39 is 5.60 Å². The van der Waals surface area contributed by atoms with Gasteiger partial charge in [-0.1, -0.05) is 30.9 Å². The number of aliphatic hydroxyl groups is 1. The molecule has 7 heteroatoms. The Bertz CT molecular complexity index is 784. The van der Waals surface area contributed by atoms with Gasteiger partial charge < -0.3 is 15.3 Å². The summed E-state index contributed by atoms with van der Waals surface area (Å²) in [7, 11) is 3.77. The van der Waals surface area contributed by atoms with Crippen LogP contribution in [0.15, 0.2) is 30.5 Å². The first-order valence-corrected chi connectivity index (χ1v) is 9.29. The second-order valence-electron chi connectivity index (χ2n) is 7.00. The minimum atomic E-state index is -0.802. The van der Waals surface area contributed by atoms with Gasteiger partial charge in [0, 0.05) is 32.4 Å². The lowest BCUT2D eigenvalue weighted by Gasteiger charge is -2.32. The van der Waals surface area contributed by atoms with Crippen LogP contribution in [0.2, 0.25) is 5.02 Å². The van der Waals surface area contributed by atoms with Crippen molar-refractivity contribution < 1.29 is 9.90 Å². The molecule has 2 N–H and O–H groups in total. The molecule has 3 rings (SSSR count). The van der Waals surface area contributed by atoms with Gasteiger partial charge in [-0.05, 0) is 31.0 Å². The zero-order valence-electron chi connectivity index (χ0n) is 15.2. The van der Waals surface area contributed by atoms with Crippen molar-refractivity contribution in [2.45, 2.75) is 37.7 Å². The van der Waals surface area contributed by atoms with E-state index in [0.717, 1.165) is 43.6 Å². The molecule has 1 aliphatic carbocycles. The van der Waals surface area contributed by atoms with Gasteiger partial charge in [0.15, 0.2) is 0 Å². The number of aryl methyl sites for hydroxylation is 1. The van der Waals surface area contributed by atoms with Crippen molar-refractivity contribution in [1.29, 1.82) is 0 Å². The Hall–Kier alpha value is -2.05. The van der Waals surface area contributed by atoms with E-state index in [0.29, 0.717) is 10.6 Å². The van der Waals surface area contributed by atoms with Gasteiger partial charge in [0.25, 0.3) is 5.91 Å². The summed E-state index contributed by atoms with van der Waals surface area (Å²) in [5.41, 5.74) is 0.431. The molecule has 1 fully saturated rings. The molecule has 0 saturated heterocycles. The summed E-state index contributed by atoms with van der Waals surface area (Å²) < 4.78 is 1.76. The third-order valence-corrected chi connectivity index (χ3v) is 5.41. The minimum absolute atomic E-state index is 0.254. The maximum Gasteiger partial charge on any atom is 0.252 e. The van der Waals surface area contributed by atoms with Gasteiger partial charge in [-0.2, -0.15) is 5.10 Å². The highest BCUT2D eigenvalue weighted by Gasteiger charge is 2.29. The number of hydrogen-bond donors (Lipinski definition) is 2. The van der Waals surface area contributed by atoms with Gasteiger partial charge >= 0.3 is 0 Å². The number of rotatable bonds is 5. The van der Waals surface area contributed by atoms with E-state index in [1.54, 1.807) is 23.0 Å². The molecule has 1 aromatic carbocycles. The average molecular weight is 377 g/mol. The maximum atomic E-state index is 12.6. The van der Waals surface area contributed by atoms with Crippen LogP contribution in [-0.2, 0) is 7.05 Å². The summed E-state index contributed by atoms with van der Waals surface area (Å²) in [5.74, 6) is 0.629. The highest BCUT2D eigenvalue weighted by atomic mass is 35.5. The molecule has 0 radical (unpaired) electrons. The Balaban J connectivity index is 1.74. The van der Waals surface area contributed by atoms with Crippen LogP contribution in [0, 0.1) is 0 Å². The van der Waals surface area contributed by atoms with Crippen LogP contribution in [0.5, 0.6) is 0 Å². The molecule has 0 aliphatic heterocycles. The molecule has 2 aromatic rings. The third kappa shape index (κ3) is 4.02. The van der Waals surface area contributed by atoms with Crippen molar-refractivity contribution in [3.8, 4) is 0 Å². The molecule has 6 nitrogen and oxygen atoms in total. The van der Waals surface area contributed by atoms with Gasteiger partial charge in [0.2, 0.25) is 0 Å². The number of halogens is 1. The van der Waals surface area contributed by atoms with Gasteiger partial charge in [0.05, 0.1) is 22.4 Å². The molecule has 1 amide bonds. The first-order chi connectivity index (χ1) is 12.4. The zero-order chi connectivity index (χ0) is 18.7. The lowest BCUT2D eigenvalue weighted by molar-refractivity contribution is 0.00526. The van der Waals surface area contributed by atoms with E-state index in [1.165, 1.54) is 0 Å². The SMILES string of the molecule is CN(c1ccc(Cl)c(C(=O)NCC2(O)CCCCC2)c1)c1ccnn1C. The number of carbonyl (C=O) groups excluding carboxylic acids is 1. The molecule has 26 heavy (non-hydrogen) atoms. The van der Waals surface area contributed by atoms with Crippen LogP contribution in [0.25, 0.3) is 0 Å². The number of benzene rings is 1. The number of amides is 1. The smallest absolute Gasteiger partial charge is 0.252 e. The highest BCUT2D eigenvalue weighted by Crippen LogP contribution is 2.29. The van der Waals surface area contributed by atoms with E-state index in [2.05, 4.69) is 10.4 Å². The van der Waals surface area contributed by atoms with Crippen molar-refractivity contribution in [2.24, 2.45) is 7.05 Å². The summed E-state index contributed by atoms with van der Waals surface area (Å²) in [4.78, 5) is 14.6. The van der Waals surface area contributed by atoms with Crippen LogP contribution in [0.4, 0.5) is 11.5 Å². The topological polar surface area (TPSA) is 70.4 Å². The second kappa shape index (κ2) is 7.68. The Morgan fingerprint density at radius 2 is 2.08 bits per heavy atom. The fraction of sp³-hybridized carbons (Fsp3) is 0.474. The molecule has 0 bridgehead atoms. The standard InChI is InChI=1S/C19H25ClN4O2/c1-23(17-8-11-22-24(17)2)14-6-7-16(20)15(12-14)18(25)21-13-19(26)9-4-3-5-10-19/h6-8,11-12,26H,3-5,9-10,13H2,1-2H3,(H,21,25). The van der Waals surface area contributed by atoms with E-state index >= 15 is 0 Å². The van der Waals surface area contributed by atoms with Crippen molar-refractivity contribution in [2.75, 3.05) is 18.5 Å². The Labute approximate surface area is 158 Å². The van der Waals surface area contributed by atoms with Crippen LogP contribution in [0.3, 0.4) is 0 Å². The minimum Gasteiger partial charge on any atom is -0.388 e. The van der Waals surface area contributed by atoms with Crippen LogP contribution in [0.1, 0.15) is 42.5 Å². The van der Waals surface area contributed by atoms with E-state index in [1.807, 2.05) is 31.1 Å². The number of aromatic nitrogens is 2. The maximum absolute atomic E-state index is 12.6. The lowest BCUT2D eigenvalue weighted by Crippen LogP contribution is -2.44. The van der Waals surface area contributed by atoms with Gasteiger partial charge in [0.1, 0.15) is 5.82 Å². The first kappa shape index (κ1) is 18.7. The molecule has 1 aliphatic rings. The predicted molar refractivity (Wildman–Crippen MR) is 103 cm³/mol.